The topological polar surface area (TPSA) is 17.8 Å². The summed E-state index contributed by atoms with van der Waals surface area (Å²) in [6, 6.07) is 6.46. The minimum atomic E-state index is 1.08. The largest absolute Gasteiger partial charge is 0.331 e. The Morgan fingerprint density at radius 3 is 2.87 bits per heavy atom. The number of aryl methyl sites for hydroxylation is 3. The molecular formula is C13H18N2. The van der Waals surface area contributed by atoms with Crippen molar-refractivity contribution in [2.45, 2.75) is 33.1 Å². The molecule has 1 heterocycles. The van der Waals surface area contributed by atoms with E-state index in [1.54, 1.807) is 0 Å². The van der Waals surface area contributed by atoms with Crippen molar-refractivity contribution in [3.63, 3.8) is 0 Å². The lowest BCUT2D eigenvalue weighted by Gasteiger charge is -2.00. The van der Waals surface area contributed by atoms with Crippen molar-refractivity contribution in [3.05, 3.63) is 29.6 Å². The lowest BCUT2D eigenvalue weighted by atomic mass is 10.2. The molecule has 0 N–H and O–H groups in total. The van der Waals surface area contributed by atoms with Crippen LogP contribution in [0.1, 0.15) is 31.2 Å². The predicted octanol–water partition coefficient (Wildman–Crippen LogP) is 3.22. The number of hydrogen-bond donors (Lipinski definition) is 0. The third-order valence-corrected chi connectivity index (χ3v) is 2.88. The second kappa shape index (κ2) is 4.05. The molecule has 0 fully saturated rings. The molecule has 15 heavy (non-hydrogen) atoms. The van der Waals surface area contributed by atoms with Crippen LogP contribution in [0.3, 0.4) is 0 Å². The molecule has 0 aliphatic carbocycles. The zero-order valence-electron chi connectivity index (χ0n) is 9.75. The third kappa shape index (κ3) is 1.89. The summed E-state index contributed by atoms with van der Waals surface area (Å²) >= 11 is 0. The van der Waals surface area contributed by atoms with E-state index in [1.807, 2.05) is 0 Å². The van der Waals surface area contributed by atoms with E-state index in [0.29, 0.717) is 0 Å². The second-order valence-electron chi connectivity index (χ2n) is 4.18. The van der Waals surface area contributed by atoms with Crippen LogP contribution in [0.2, 0.25) is 0 Å². The van der Waals surface area contributed by atoms with Crippen molar-refractivity contribution in [1.82, 2.24) is 9.55 Å². The average Bonchev–Trinajstić information content (AvgIpc) is 2.52. The first-order valence-corrected chi connectivity index (χ1v) is 5.64. The van der Waals surface area contributed by atoms with Gasteiger partial charge in [-0.2, -0.15) is 0 Å². The van der Waals surface area contributed by atoms with Crippen LogP contribution in [0.4, 0.5) is 0 Å². The van der Waals surface area contributed by atoms with Gasteiger partial charge in [-0.25, -0.2) is 4.98 Å². The molecule has 2 heteroatoms. The van der Waals surface area contributed by atoms with Gasteiger partial charge in [0.1, 0.15) is 5.82 Å². The standard InChI is InChI=1S/C13H18N2/c1-4-5-6-13-14-11-9-10(2)7-8-12(11)15(13)3/h7-9H,4-6H2,1-3H3. The molecule has 0 radical (unpaired) electrons. The highest BCUT2D eigenvalue weighted by Crippen LogP contribution is 2.17. The summed E-state index contributed by atoms with van der Waals surface area (Å²) in [5.41, 5.74) is 3.65. The molecule has 0 bridgehead atoms. The van der Waals surface area contributed by atoms with Gasteiger partial charge in [-0.3, -0.25) is 0 Å². The first-order chi connectivity index (χ1) is 7.22. The fourth-order valence-electron chi connectivity index (χ4n) is 1.92. The molecular weight excluding hydrogens is 184 g/mol. The van der Waals surface area contributed by atoms with E-state index in [4.69, 9.17) is 0 Å². The van der Waals surface area contributed by atoms with E-state index in [9.17, 15) is 0 Å². The molecule has 0 aliphatic heterocycles. The minimum Gasteiger partial charge on any atom is -0.331 e. The van der Waals surface area contributed by atoms with Crippen molar-refractivity contribution in [2.24, 2.45) is 7.05 Å². The Morgan fingerprint density at radius 1 is 1.33 bits per heavy atom. The lowest BCUT2D eigenvalue weighted by molar-refractivity contribution is 0.720. The molecule has 0 spiro atoms. The molecule has 2 rings (SSSR count). The van der Waals surface area contributed by atoms with Crippen molar-refractivity contribution in [2.75, 3.05) is 0 Å². The van der Waals surface area contributed by atoms with E-state index in [1.165, 1.54) is 29.7 Å². The van der Waals surface area contributed by atoms with E-state index >= 15 is 0 Å². The number of fused-ring (bicyclic) bond motifs is 1. The summed E-state index contributed by atoms with van der Waals surface area (Å²) in [5.74, 6) is 1.21. The van der Waals surface area contributed by atoms with Crippen molar-refractivity contribution in [1.29, 1.82) is 0 Å². The van der Waals surface area contributed by atoms with Crippen LogP contribution in [0.25, 0.3) is 11.0 Å². The molecule has 80 valence electrons. The predicted molar refractivity (Wildman–Crippen MR) is 64.1 cm³/mol. The molecule has 0 amide bonds. The first-order valence-electron chi connectivity index (χ1n) is 5.64. The minimum absolute atomic E-state index is 1.08. The molecule has 1 aromatic heterocycles. The Labute approximate surface area is 90.9 Å². The Kier molecular flexibility index (Phi) is 2.76. The van der Waals surface area contributed by atoms with Gasteiger partial charge in [0.15, 0.2) is 0 Å². The summed E-state index contributed by atoms with van der Waals surface area (Å²) in [5, 5.41) is 0. The quantitative estimate of drug-likeness (QED) is 0.747. The maximum Gasteiger partial charge on any atom is 0.109 e. The van der Waals surface area contributed by atoms with Gasteiger partial charge in [0.2, 0.25) is 0 Å². The summed E-state index contributed by atoms with van der Waals surface area (Å²) < 4.78 is 2.21. The van der Waals surface area contributed by atoms with Gasteiger partial charge in [0, 0.05) is 13.5 Å². The van der Waals surface area contributed by atoms with Crippen molar-refractivity contribution < 1.29 is 0 Å². The maximum atomic E-state index is 4.67. The average molecular weight is 202 g/mol. The molecule has 0 saturated heterocycles. The number of aromatic nitrogens is 2. The first kappa shape index (κ1) is 10.2. The fraction of sp³-hybridized carbons (Fsp3) is 0.462. The lowest BCUT2D eigenvalue weighted by Crippen LogP contribution is -1.97. The monoisotopic (exact) mass is 202 g/mol. The van der Waals surface area contributed by atoms with Gasteiger partial charge >= 0.3 is 0 Å². The number of benzene rings is 1. The maximum absolute atomic E-state index is 4.67. The highest BCUT2D eigenvalue weighted by Gasteiger charge is 2.06. The normalized spacial score (nSPS) is 11.1. The number of hydrogen-bond acceptors (Lipinski definition) is 1. The van der Waals surface area contributed by atoms with Crippen LogP contribution in [0.5, 0.6) is 0 Å². The number of rotatable bonds is 3. The summed E-state index contributed by atoms with van der Waals surface area (Å²) in [4.78, 5) is 4.67. The van der Waals surface area contributed by atoms with Crippen LogP contribution in [-0.4, -0.2) is 9.55 Å². The molecule has 0 atom stereocenters. The van der Waals surface area contributed by atoms with Crippen LogP contribution in [0, 0.1) is 6.92 Å². The number of nitrogens with zero attached hydrogens (tertiary/aromatic N) is 2. The highest BCUT2D eigenvalue weighted by molar-refractivity contribution is 5.76. The smallest absolute Gasteiger partial charge is 0.109 e. The SMILES string of the molecule is CCCCc1nc2cc(C)ccc2n1C. The molecule has 1 aromatic carbocycles. The van der Waals surface area contributed by atoms with Gasteiger partial charge in [0.05, 0.1) is 11.0 Å². The second-order valence-corrected chi connectivity index (χ2v) is 4.18. The van der Waals surface area contributed by atoms with Gasteiger partial charge in [-0.1, -0.05) is 19.4 Å². The summed E-state index contributed by atoms with van der Waals surface area (Å²) in [7, 11) is 2.11. The van der Waals surface area contributed by atoms with Crippen LogP contribution < -0.4 is 0 Å². The molecule has 2 aromatic rings. The Hall–Kier alpha value is -1.31. The number of unbranched alkanes of at least 4 members (excludes halogenated alkanes) is 1. The molecule has 0 saturated carbocycles. The van der Waals surface area contributed by atoms with Gasteiger partial charge in [0.25, 0.3) is 0 Å². The van der Waals surface area contributed by atoms with Gasteiger partial charge in [-0.15, -0.1) is 0 Å². The zero-order chi connectivity index (χ0) is 10.8. The van der Waals surface area contributed by atoms with E-state index in [0.717, 1.165) is 11.9 Å². The Bertz CT molecular complexity index is 469. The van der Waals surface area contributed by atoms with Crippen LogP contribution in [0.15, 0.2) is 18.2 Å². The molecule has 2 nitrogen and oxygen atoms in total. The van der Waals surface area contributed by atoms with Gasteiger partial charge < -0.3 is 4.57 Å². The van der Waals surface area contributed by atoms with E-state index < -0.39 is 0 Å². The van der Waals surface area contributed by atoms with E-state index in [-0.39, 0.29) is 0 Å². The molecule has 0 unspecified atom stereocenters. The third-order valence-electron chi connectivity index (χ3n) is 2.88. The summed E-state index contributed by atoms with van der Waals surface area (Å²) in [6.07, 6.45) is 3.53. The van der Waals surface area contributed by atoms with E-state index in [2.05, 4.69) is 48.6 Å². The van der Waals surface area contributed by atoms with Crippen molar-refractivity contribution >= 4 is 11.0 Å². The van der Waals surface area contributed by atoms with Crippen LogP contribution >= 0.6 is 0 Å². The zero-order valence-corrected chi connectivity index (χ0v) is 9.75. The summed E-state index contributed by atoms with van der Waals surface area (Å²) in [6.45, 7) is 4.33. The van der Waals surface area contributed by atoms with Crippen LogP contribution in [-0.2, 0) is 13.5 Å². The van der Waals surface area contributed by atoms with Gasteiger partial charge in [-0.05, 0) is 31.0 Å². The highest BCUT2D eigenvalue weighted by atomic mass is 15.1. The number of imidazole rings is 1. The van der Waals surface area contributed by atoms with Crippen molar-refractivity contribution in [3.8, 4) is 0 Å². The fourth-order valence-corrected chi connectivity index (χ4v) is 1.92. The molecule has 0 aliphatic rings. The Balaban J connectivity index is 2.44. The Morgan fingerprint density at radius 2 is 2.13 bits per heavy atom.